The van der Waals surface area contributed by atoms with Crippen molar-refractivity contribution in [3.8, 4) is 0 Å². The lowest BCUT2D eigenvalue weighted by molar-refractivity contribution is -0.0859. The Morgan fingerprint density at radius 2 is 2.50 bits per heavy atom. The monoisotopic (exact) mass is 161 g/mol. The Kier molecular flexibility index (Phi) is 2.74. The van der Waals surface area contributed by atoms with Crippen LogP contribution in [0, 0.1) is 0 Å². The fourth-order valence-electron chi connectivity index (χ4n) is 0.625. The predicted octanol–water partition coefficient (Wildman–Crippen LogP) is 1.67. The van der Waals surface area contributed by atoms with Gasteiger partial charge in [-0.15, -0.1) is 11.6 Å². The van der Waals surface area contributed by atoms with Crippen LogP contribution in [0.3, 0.4) is 0 Å². The predicted molar refractivity (Wildman–Crippen MR) is 36.8 cm³/mol. The molecule has 0 bridgehead atoms. The van der Waals surface area contributed by atoms with Gasteiger partial charge >= 0.3 is 0 Å². The van der Waals surface area contributed by atoms with E-state index in [9.17, 15) is 0 Å². The molecule has 0 atom stereocenters. The zero-order valence-electron chi connectivity index (χ0n) is 5.33. The van der Waals surface area contributed by atoms with E-state index in [0.717, 1.165) is 5.06 Å². The van der Waals surface area contributed by atoms with E-state index in [1.807, 2.05) is 0 Å². The molecule has 0 saturated heterocycles. The molecule has 0 fully saturated rings. The third-order valence-electron chi connectivity index (χ3n) is 1.06. The summed E-state index contributed by atoms with van der Waals surface area (Å²) in [5.41, 5.74) is 0. The van der Waals surface area contributed by atoms with Gasteiger partial charge in [0.1, 0.15) is 5.76 Å². The first-order chi connectivity index (χ1) is 4.83. The van der Waals surface area contributed by atoms with E-state index in [-0.39, 0.29) is 6.00 Å². The Morgan fingerprint density at radius 3 is 3.00 bits per heavy atom. The van der Waals surface area contributed by atoms with Crippen molar-refractivity contribution in [2.45, 2.75) is 6.54 Å². The van der Waals surface area contributed by atoms with E-state index in [1.54, 1.807) is 18.4 Å². The van der Waals surface area contributed by atoms with Crippen LogP contribution in [-0.2, 0) is 6.54 Å². The summed E-state index contributed by atoms with van der Waals surface area (Å²) in [6, 6.07) is 3.62. The van der Waals surface area contributed by atoms with E-state index >= 15 is 0 Å². The standard InChI is InChI=1S/C6H8ClNO2/c7-5-8(9)4-6-2-1-3-10-6/h1-3,9H,4-5H2. The summed E-state index contributed by atoms with van der Waals surface area (Å²) in [5.74, 6) is 0.697. The number of hydroxylamine groups is 2. The molecule has 0 unspecified atom stereocenters. The molecule has 56 valence electrons. The summed E-state index contributed by atoms with van der Waals surface area (Å²) in [5, 5.41) is 9.83. The number of halogens is 1. The first-order valence-corrected chi connectivity index (χ1v) is 3.38. The number of rotatable bonds is 3. The third-order valence-corrected chi connectivity index (χ3v) is 1.33. The van der Waals surface area contributed by atoms with Crippen LogP contribution in [0.15, 0.2) is 22.8 Å². The quantitative estimate of drug-likeness (QED) is 0.416. The van der Waals surface area contributed by atoms with E-state index < -0.39 is 0 Å². The Bertz CT molecular complexity index is 176. The molecule has 1 heterocycles. The number of hydrogen-bond acceptors (Lipinski definition) is 3. The molecule has 0 aliphatic carbocycles. The molecular formula is C6H8ClNO2. The normalized spacial score (nSPS) is 10.7. The third kappa shape index (κ3) is 2.02. The summed E-state index contributed by atoms with van der Waals surface area (Å²) in [7, 11) is 0. The van der Waals surface area contributed by atoms with Crippen molar-refractivity contribution in [3.63, 3.8) is 0 Å². The van der Waals surface area contributed by atoms with Crippen LogP contribution in [0.4, 0.5) is 0 Å². The van der Waals surface area contributed by atoms with Gasteiger partial charge in [-0.1, -0.05) is 0 Å². The van der Waals surface area contributed by atoms with Crippen LogP contribution in [0.25, 0.3) is 0 Å². The molecule has 0 radical (unpaired) electrons. The largest absolute Gasteiger partial charge is 0.468 e. The molecule has 10 heavy (non-hydrogen) atoms. The SMILES string of the molecule is ON(CCl)Cc1ccco1. The lowest BCUT2D eigenvalue weighted by atomic mass is 10.4. The zero-order valence-corrected chi connectivity index (χ0v) is 6.08. The van der Waals surface area contributed by atoms with Gasteiger partial charge in [-0.05, 0) is 12.1 Å². The zero-order chi connectivity index (χ0) is 7.40. The molecule has 0 saturated carbocycles. The van der Waals surface area contributed by atoms with E-state index in [0.29, 0.717) is 12.3 Å². The molecule has 1 N–H and O–H groups in total. The molecule has 0 spiro atoms. The van der Waals surface area contributed by atoms with Crippen LogP contribution in [0.1, 0.15) is 5.76 Å². The minimum Gasteiger partial charge on any atom is -0.468 e. The van der Waals surface area contributed by atoms with E-state index in [1.165, 1.54) is 0 Å². The molecule has 1 aromatic rings. The van der Waals surface area contributed by atoms with Gasteiger partial charge < -0.3 is 9.62 Å². The smallest absolute Gasteiger partial charge is 0.120 e. The van der Waals surface area contributed by atoms with Crippen LogP contribution >= 0.6 is 11.6 Å². The highest BCUT2D eigenvalue weighted by molar-refractivity contribution is 6.17. The van der Waals surface area contributed by atoms with Gasteiger partial charge in [-0.2, -0.15) is 5.06 Å². The molecular weight excluding hydrogens is 154 g/mol. The first kappa shape index (κ1) is 7.60. The number of hydrogen-bond donors (Lipinski definition) is 1. The van der Waals surface area contributed by atoms with Crippen LogP contribution in [-0.4, -0.2) is 16.3 Å². The fraction of sp³-hybridized carbons (Fsp3) is 0.333. The summed E-state index contributed by atoms with van der Waals surface area (Å²) < 4.78 is 4.95. The molecule has 1 rings (SSSR count). The minimum atomic E-state index is 0.0840. The molecule has 1 aromatic heterocycles. The van der Waals surface area contributed by atoms with Crippen molar-refractivity contribution >= 4 is 11.6 Å². The second-order valence-corrected chi connectivity index (χ2v) is 2.10. The lowest BCUT2D eigenvalue weighted by Crippen LogP contribution is -2.15. The minimum absolute atomic E-state index is 0.0840. The molecule has 4 heteroatoms. The van der Waals surface area contributed by atoms with Gasteiger partial charge in [0.05, 0.1) is 18.8 Å². The van der Waals surface area contributed by atoms with Crippen LogP contribution in [0.2, 0.25) is 0 Å². The van der Waals surface area contributed by atoms with Crippen LogP contribution < -0.4 is 0 Å². The maximum absolute atomic E-state index is 8.87. The van der Waals surface area contributed by atoms with Crippen molar-refractivity contribution in [3.05, 3.63) is 24.2 Å². The lowest BCUT2D eigenvalue weighted by Gasteiger charge is -2.06. The molecule has 0 aliphatic rings. The second-order valence-electron chi connectivity index (χ2n) is 1.86. The second kappa shape index (κ2) is 3.61. The topological polar surface area (TPSA) is 36.6 Å². The molecule has 3 nitrogen and oxygen atoms in total. The van der Waals surface area contributed by atoms with Gasteiger partial charge in [-0.3, -0.25) is 0 Å². The van der Waals surface area contributed by atoms with Crippen molar-refractivity contribution < 1.29 is 9.62 Å². The van der Waals surface area contributed by atoms with Crippen molar-refractivity contribution in [2.24, 2.45) is 0 Å². The van der Waals surface area contributed by atoms with Gasteiger partial charge in [0, 0.05) is 0 Å². The Balaban J connectivity index is 2.40. The number of alkyl halides is 1. The van der Waals surface area contributed by atoms with Crippen LogP contribution in [0.5, 0.6) is 0 Å². The number of furan rings is 1. The average molecular weight is 162 g/mol. The molecule has 0 aromatic carbocycles. The van der Waals surface area contributed by atoms with E-state index in [4.69, 9.17) is 21.2 Å². The van der Waals surface area contributed by atoms with E-state index in [2.05, 4.69) is 0 Å². The van der Waals surface area contributed by atoms with Crippen molar-refractivity contribution in [2.75, 3.05) is 6.00 Å². The maximum atomic E-state index is 8.87. The molecule has 0 amide bonds. The van der Waals surface area contributed by atoms with Crippen molar-refractivity contribution in [1.82, 2.24) is 5.06 Å². The highest BCUT2D eigenvalue weighted by atomic mass is 35.5. The Labute approximate surface area is 63.8 Å². The summed E-state index contributed by atoms with van der Waals surface area (Å²) in [6.45, 7) is 0.330. The van der Waals surface area contributed by atoms with Gasteiger partial charge in [0.15, 0.2) is 0 Å². The van der Waals surface area contributed by atoms with Gasteiger partial charge in [-0.25, -0.2) is 0 Å². The Morgan fingerprint density at radius 1 is 1.70 bits per heavy atom. The van der Waals surface area contributed by atoms with Gasteiger partial charge in [0.25, 0.3) is 0 Å². The fourth-order valence-corrected chi connectivity index (χ4v) is 0.709. The van der Waals surface area contributed by atoms with Gasteiger partial charge in [0.2, 0.25) is 0 Å². The molecule has 0 aliphatic heterocycles. The maximum Gasteiger partial charge on any atom is 0.120 e. The van der Waals surface area contributed by atoms with Crippen molar-refractivity contribution in [1.29, 1.82) is 0 Å². The average Bonchev–Trinajstić information content (AvgIpc) is 2.40. The number of nitrogens with zero attached hydrogens (tertiary/aromatic N) is 1. The summed E-state index contributed by atoms with van der Waals surface area (Å²) in [6.07, 6.45) is 1.55. The first-order valence-electron chi connectivity index (χ1n) is 2.85. The summed E-state index contributed by atoms with van der Waals surface area (Å²) >= 11 is 5.30. The summed E-state index contributed by atoms with van der Waals surface area (Å²) in [4.78, 5) is 0. The Hall–Kier alpha value is -0.510. The highest BCUT2D eigenvalue weighted by Gasteiger charge is 2.00. The highest BCUT2D eigenvalue weighted by Crippen LogP contribution is 2.03.